The zero-order chi connectivity index (χ0) is 24.2. The second kappa shape index (κ2) is 9.76. The van der Waals surface area contributed by atoms with Crippen LogP contribution in [0, 0.1) is 13.8 Å². The highest BCUT2D eigenvalue weighted by molar-refractivity contribution is 7.80. The quantitative estimate of drug-likeness (QED) is 0.373. The first-order chi connectivity index (χ1) is 16.4. The van der Waals surface area contributed by atoms with Crippen LogP contribution in [-0.2, 0) is 4.79 Å². The van der Waals surface area contributed by atoms with E-state index in [1.165, 1.54) is 18.2 Å². The highest BCUT2D eigenvalue weighted by atomic mass is 32.1. The molecular weight excluding hydrogens is 448 g/mol. The number of methoxy groups -OCH3 is 1. The van der Waals surface area contributed by atoms with Crippen molar-refractivity contribution < 1.29 is 14.6 Å². The van der Waals surface area contributed by atoms with Gasteiger partial charge in [-0.15, -0.1) is 0 Å². The van der Waals surface area contributed by atoms with Crippen molar-refractivity contribution in [2.45, 2.75) is 13.8 Å². The van der Waals surface area contributed by atoms with Crippen molar-refractivity contribution >= 4 is 40.8 Å². The molecule has 0 spiro atoms. The number of carbonyl (C=O) groups excluding carboxylic acids is 1. The van der Waals surface area contributed by atoms with E-state index < -0.39 is 0 Å². The van der Waals surface area contributed by atoms with Crippen LogP contribution in [0.5, 0.6) is 11.5 Å². The minimum atomic E-state index is -0.364. The fourth-order valence-corrected chi connectivity index (χ4v) is 3.79. The normalized spacial score (nSPS) is 14.2. The molecule has 0 saturated carbocycles. The van der Waals surface area contributed by atoms with Crippen molar-refractivity contribution in [3.63, 3.8) is 0 Å². The third kappa shape index (κ3) is 4.77. The second-order valence-corrected chi connectivity index (χ2v) is 8.14. The Balaban J connectivity index is 1.65. The Hall–Kier alpha value is -4.17. The van der Waals surface area contributed by atoms with Gasteiger partial charge in [-0.25, -0.2) is 4.99 Å². The molecule has 8 heteroatoms. The van der Waals surface area contributed by atoms with Crippen LogP contribution in [0.1, 0.15) is 22.3 Å². The molecule has 0 aliphatic carbocycles. The number of phenolic OH excluding ortho intramolecular Hbond substituents is 1. The van der Waals surface area contributed by atoms with E-state index in [2.05, 4.69) is 15.7 Å². The largest absolute Gasteiger partial charge is 0.504 e. The summed E-state index contributed by atoms with van der Waals surface area (Å²) in [4.78, 5) is 17.9. The fourth-order valence-electron chi connectivity index (χ4n) is 3.60. The van der Waals surface area contributed by atoms with Gasteiger partial charge in [-0.2, -0.15) is 5.01 Å². The van der Waals surface area contributed by atoms with Gasteiger partial charge in [-0.3, -0.25) is 10.2 Å². The van der Waals surface area contributed by atoms with Crippen molar-refractivity contribution in [1.29, 1.82) is 0 Å². The Kier molecular flexibility index (Phi) is 6.60. The van der Waals surface area contributed by atoms with Gasteiger partial charge in [0.15, 0.2) is 22.4 Å². The number of amides is 1. The Morgan fingerprint density at radius 2 is 1.76 bits per heavy atom. The van der Waals surface area contributed by atoms with E-state index in [1.54, 1.807) is 18.2 Å². The number of ether oxygens (including phenoxy) is 1. The number of nitrogens with one attached hydrogen (secondary N) is 2. The maximum absolute atomic E-state index is 13.3. The van der Waals surface area contributed by atoms with Crippen LogP contribution in [0.25, 0.3) is 6.08 Å². The summed E-state index contributed by atoms with van der Waals surface area (Å²) in [5.41, 5.74) is 7.59. The molecule has 3 aromatic carbocycles. The molecule has 4 rings (SSSR count). The number of phenols is 1. The van der Waals surface area contributed by atoms with Gasteiger partial charge in [0, 0.05) is 11.3 Å². The van der Waals surface area contributed by atoms with Crippen molar-refractivity contribution in [1.82, 2.24) is 10.4 Å². The highest BCUT2D eigenvalue weighted by Crippen LogP contribution is 2.28. The first-order valence-corrected chi connectivity index (χ1v) is 11.0. The molecular formula is C26H24N4O3S. The minimum absolute atomic E-state index is 0.0158. The number of hydrogen-bond donors (Lipinski definition) is 3. The predicted octanol–water partition coefficient (Wildman–Crippen LogP) is 4.55. The van der Waals surface area contributed by atoms with Gasteiger partial charge < -0.3 is 15.2 Å². The molecule has 34 heavy (non-hydrogen) atoms. The topological polar surface area (TPSA) is 86.2 Å². The van der Waals surface area contributed by atoms with E-state index in [4.69, 9.17) is 17.0 Å². The molecule has 1 aliphatic heterocycles. The molecule has 7 nitrogen and oxygen atoms in total. The number of thiocarbonyl (C=S) groups is 1. The first-order valence-electron chi connectivity index (χ1n) is 10.6. The maximum Gasteiger partial charge on any atom is 0.297 e. The number of amidine groups is 1. The lowest BCUT2D eigenvalue weighted by Gasteiger charge is -2.22. The molecule has 3 N–H and O–H groups in total. The SMILES string of the molecule is COc1cc(/C=C2\N=C(c3ccccc3)N(NC(=S)Nc3c(C)cccc3C)C2=O)ccc1O. The number of nitrogens with zero attached hydrogens (tertiary/aromatic N) is 2. The lowest BCUT2D eigenvalue weighted by Crippen LogP contribution is -2.49. The molecule has 0 unspecified atom stereocenters. The van der Waals surface area contributed by atoms with Gasteiger partial charge >= 0.3 is 0 Å². The van der Waals surface area contributed by atoms with E-state index in [0.29, 0.717) is 17.1 Å². The van der Waals surface area contributed by atoms with Gasteiger partial charge in [-0.05, 0) is 61.0 Å². The van der Waals surface area contributed by atoms with Crippen LogP contribution < -0.4 is 15.5 Å². The zero-order valence-electron chi connectivity index (χ0n) is 19.0. The Morgan fingerprint density at radius 3 is 2.44 bits per heavy atom. The third-order valence-electron chi connectivity index (χ3n) is 5.33. The first kappa shape index (κ1) is 23.0. The molecule has 0 radical (unpaired) electrons. The molecule has 1 amide bonds. The third-order valence-corrected chi connectivity index (χ3v) is 5.53. The summed E-state index contributed by atoms with van der Waals surface area (Å²) in [5.74, 6) is 0.382. The molecule has 1 aliphatic rings. The number of aromatic hydroxyl groups is 1. The monoisotopic (exact) mass is 472 g/mol. The average Bonchev–Trinajstić information content (AvgIpc) is 3.13. The van der Waals surface area contributed by atoms with Crippen LogP contribution in [0.2, 0.25) is 0 Å². The molecule has 172 valence electrons. The smallest absolute Gasteiger partial charge is 0.297 e. The van der Waals surface area contributed by atoms with Crippen molar-refractivity contribution in [2.24, 2.45) is 4.99 Å². The van der Waals surface area contributed by atoms with Gasteiger partial charge in [-0.1, -0.05) is 54.6 Å². The van der Waals surface area contributed by atoms with Crippen molar-refractivity contribution in [2.75, 3.05) is 12.4 Å². The van der Waals surface area contributed by atoms with E-state index in [9.17, 15) is 9.90 Å². The summed E-state index contributed by atoms with van der Waals surface area (Å²) in [6.07, 6.45) is 1.64. The number of aliphatic imine (C=N–C) groups is 1. The summed E-state index contributed by atoms with van der Waals surface area (Å²) in [6, 6.07) is 20.2. The molecule has 0 atom stereocenters. The van der Waals surface area contributed by atoms with Crippen LogP contribution in [0.4, 0.5) is 5.69 Å². The standard InChI is InChI=1S/C26H24N4O3S/c1-16-8-7-9-17(2)23(16)28-26(34)29-30-24(19-10-5-4-6-11-19)27-20(25(30)32)14-18-12-13-21(31)22(15-18)33-3/h4-15,31H,1-3H3,(H2,28,29,34)/b20-14-. The number of aryl methyl sites for hydroxylation is 2. The zero-order valence-corrected chi connectivity index (χ0v) is 19.8. The van der Waals surface area contributed by atoms with E-state index in [0.717, 1.165) is 22.4 Å². The van der Waals surface area contributed by atoms with Crippen LogP contribution in [-0.4, -0.2) is 34.1 Å². The molecule has 0 fully saturated rings. The predicted molar refractivity (Wildman–Crippen MR) is 138 cm³/mol. The Labute approximate surface area is 203 Å². The summed E-state index contributed by atoms with van der Waals surface area (Å²) in [5, 5.41) is 14.7. The number of hydrogen-bond acceptors (Lipinski definition) is 5. The molecule has 0 bridgehead atoms. The van der Waals surface area contributed by atoms with Gasteiger partial charge in [0.25, 0.3) is 5.91 Å². The number of benzene rings is 3. The Bertz CT molecular complexity index is 1300. The number of anilines is 1. The highest BCUT2D eigenvalue weighted by Gasteiger charge is 2.32. The molecule has 1 heterocycles. The van der Waals surface area contributed by atoms with E-state index >= 15 is 0 Å². The van der Waals surface area contributed by atoms with Gasteiger partial charge in [0.05, 0.1) is 7.11 Å². The average molecular weight is 473 g/mol. The second-order valence-electron chi connectivity index (χ2n) is 7.74. The summed E-state index contributed by atoms with van der Waals surface area (Å²) in [6.45, 7) is 3.98. The molecule has 3 aromatic rings. The van der Waals surface area contributed by atoms with E-state index in [-0.39, 0.29) is 22.5 Å². The van der Waals surface area contributed by atoms with Crippen LogP contribution in [0.15, 0.2) is 77.4 Å². The summed E-state index contributed by atoms with van der Waals surface area (Å²) in [7, 11) is 1.47. The van der Waals surface area contributed by atoms with Crippen molar-refractivity contribution in [3.8, 4) is 11.5 Å². The number of hydrazine groups is 1. The van der Waals surface area contributed by atoms with Crippen LogP contribution in [0.3, 0.4) is 0 Å². The van der Waals surface area contributed by atoms with Crippen molar-refractivity contribution in [3.05, 3.63) is 94.7 Å². The molecule has 0 saturated heterocycles. The summed E-state index contributed by atoms with van der Waals surface area (Å²) >= 11 is 5.53. The lowest BCUT2D eigenvalue weighted by atomic mass is 10.1. The minimum Gasteiger partial charge on any atom is -0.504 e. The molecule has 0 aromatic heterocycles. The number of para-hydroxylation sites is 1. The maximum atomic E-state index is 13.3. The lowest BCUT2D eigenvalue weighted by molar-refractivity contribution is -0.123. The van der Waals surface area contributed by atoms with Gasteiger partial charge in [0.1, 0.15) is 5.70 Å². The summed E-state index contributed by atoms with van der Waals surface area (Å²) < 4.78 is 5.17. The van der Waals surface area contributed by atoms with Gasteiger partial charge in [0.2, 0.25) is 0 Å². The number of rotatable bonds is 5. The fraction of sp³-hybridized carbons (Fsp3) is 0.115. The Morgan fingerprint density at radius 1 is 1.06 bits per heavy atom. The number of carbonyl (C=O) groups is 1. The van der Waals surface area contributed by atoms with Crippen LogP contribution >= 0.6 is 12.2 Å². The van der Waals surface area contributed by atoms with E-state index in [1.807, 2.05) is 62.4 Å².